The summed E-state index contributed by atoms with van der Waals surface area (Å²) < 4.78 is 42.9. The first-order chi connectivity index (χ1) is 16.8. The number of hydrogen-bond donors (Lipinski definition) is 1. The summed E-state index contributed by atoms with van der Waals surface area (Å²) in [6.07, 6.45) is -0.00537. The summed E-state index contributed by atoms with van der Waals surface area (Å²) in [5.41, 5.74) is 2.17. The minimum atomic E-state index is -3.72. The van der Waals surface area contributed by atoms with Gasteiger partial charge in [-0.25, -0.2) is 18.4 Å². The van der Waals surface area contributed by atoms with Crippen LogP contribution in [0.15, 0.2) is 71.6 Å². The zero-order valence-electron chi connectivity index (χ0n) is 20.0. The van der Waals surface area contributed by atoms with Gasteiger partial charge in [0.1, 0.15) is 23.0 Å². The lowest BCUT2D eigenvalue weighted by Gasteiger charge is -2.14. The van der Waals surface area contributed by atoms with Crippen LogP contribution in [0.3, 0.4) is 0 Å². The highest BCUT2D eigenvalue weighted by Crippen LogP contribution is 2.30. The van der Waals surface area contributed by atoms with Gasteiger partial charge >= 0.3 is 0 Å². The number of anilines is 2. The second-order valence-corrected chi connectivity index (χ2v) is 10.1. The van der Waals surface area contributed by atoms with Gasteiger partial charge in [0.05, 0.1) is 41.9 Å². The molecular formula is C26H27N3O5S. The summed E-state index contributed by atoms with van der Waals surface area (Å²) in [6, 6.07) is 19.0. The average Bonchev–Trinajstić information content (AvgIpc) is 2.84. The quantitative estimate of drug-likeness (QED) is 0.342. The molecule has 0 saturated carbocycles. The van der Waals surface area contributed by atoms with Crippen LogP contribution in [0.1, 0.15) is 19.5 Å². The number of ether oxygens (including phenoxy) is 3. The van der Waals surface area contributed by atoms with Gasteiger partial charge in [-0.1, -0.05) is 12.1 Å². The number of nitrogens with one attached hydrogen (secondary N) is 1. The van der Waals surface area contributed by atoms with E-state index in [-0.39, 0.29) is 16.8 Å². The SMILES string of the molecule is COc1cc(Nc2nc3ccccc3nc2CS(=O)(=O)c2ccc(OC(C)C)cc2)cc(OC)c1. The van der Waals surface area contributed by atoms with Crippen LogP contribution >= 0.6 is 0 Å². The molecule has 3 aromatic carbocycles. The molecule has 1 heterocycles. The number of nitrogens with zero attached hydrogens (tertiary/aromatic N) is 2. The number of rotatable bonds is 9. The van der Waals surface area contributed by atoms with Gasteiger partial charge in [-0.15, -0.1) is 0 Å². The van der Waals surface area contributed by atoms with Gasteiger partial charge in [-0.3, -0.25) is 0 Å². The molecule has 0 saturated heterocycles. The molecule has 8 nitrogen and oxygen atoms in total. The molecule has 0 atom stereocenters. The zero-order valence-corrected chi connectivity index (χ0v) is 20.8. The highest BCUT2D eigenvalue weighted by Gasteiger charge is 2.21. The molecule has 0 unspecified atom stereocenters. The first-order valence-corrected chi connectivity index (χ1v) is 12.7. The van der Waals surface area contributed by atoms with Crippen molar-refractivity contribution in [1.82, 2.24) is 9.97 Å². The molecule has 0 aliphatic heterocycles. The van der Waals surface area contributed by atoms with E-state index in [1.54, 1.807) is 62.8 Å². The van der Waals surface area contributed by atoms with Crippen molar-refractivity contribution in [2.75, 3.05) is 19.5 Å². The lowest BCUT2D eigenvalue weighted by Crippen LogP contribution is -2.11. The number of para-hydroxylation sites is 2. The largest absolute Gasteiger partial charge is 0.497 e. The number of methoxy groups -OCH3 is 2. The predicted octanol–water partition coefficient (Wildman–Crippen LogP) is 5.15. The fraction of sp³-hybridized carbons (Fsp3) is 0.231. The molecule has 1 N–H and O–H groups in total. The van der Waals surface area contributed by atoms with Crippen molar-refractivity contribution < 1.29 is 22.6 Å². The van der Waals surface area contributed by atoms with Gasteiger partial charge < -0.3 is 19.5 Å². The molecule has 0 spiro atoms. The number of aromatic nitrogens is 2. The Morgan fingerprint density at radius 3 is 2.00 bits per heavy atom. The zero-order chi connectivity index (χ0) is 25.0. The smallest absolute Gasteiger partial charge is 0.184 e. The van der Waals surface area contributed by atoms with Gasteiger partial charge in [-0.05, 0) is 50.2 Å². The first-order valence-electron chi connectivity index (χ1n) is 11.0. The monoisotopic (exact) mass is 493 g/mol. The Labute approximate surface area is 204 Å². The van der Waals surface area contributed by atoms with Crippen LogP contribution < -0.4 is 19.5 Å². The number of fused-ring (bicyclic) bond motifs is 1. The van der Waals surface area contributed by atoms with E-state index in [9.17, 15) is 8.42 Å². The maximum Gasteiger partial charge on any atom is 0.184 e. The lowest BCUT2D eigenvalue weighted by molar-refractivity contribution is 0.242. The third kappa shape index (κ3) is 5.81. The van der Waals surface area contributed by atoms with Gasteiger partial charge in [0.2, 0.25) is 0 Å². The molecule has 9 heteroatoms. The maximum absolute atomic E-state index is 13.3. The third-order valence-corrected chi connectivity index (χ3v) is 6.78. The van der Waals surface area contributed by atoms with E-state index in [1.807, 2.05) is 32.0 Å². The second-order valence-electron chi connectivity index (χ2n) is 8.13. The van der Waals surface area contributed by atoms with Crippen molar-refractivity contribution in [3.8, 4) is 17.2 Å². The van der Waals surface area contributed by atoms with E-state index >= 15 is 0 Å². The fourth-order valence-corrected chi connectivity index (χ4v) is 4.79. The van der Waals surface area contributed by atoms with Crippen LogP contribution in [0.2, 0.25) is 0 Å². The Balaban J connectivity index is 1.72. The minimum absolute atomic E-state index is 0.00537. The van der Waals surface area contributed by atoms with Crippen LogP contribution in [0, 0.1) is 0 Å². The summed E-state index contributed by atoms with van der Waals surface area (Å²) in [6.45, 7) is 3.82. The van der Waals surface area contributed by atoms with E-state index < -0.39 is 9.84 Å². The molecule has 4 aromatic rings. The van der Waals surface area contributed by atoms with Crippen molar-refractivity contribution in [2.24, 2.45) is 0 Å². The number of sulfone groups is 1. The van der Waals surface area contributed by atoms with Crippen LogP contribution in [-0.4, -0.2) is 38.7 Å². The predicted molar refractivity (Wildman–Crippen MR) is 135 cm³/mol. The van der Waals surface area contributed by atoms with Crippen molar-refractivity contribution in [3.63, 3.8) is 0 Å². The summed E-state index contributed by atoms with van der Waals surface area (Å²) in [5, 5.41) is 3.20. The molecule has 182 valence electrons. The highest BCUT2D eigenvalue weighted by atomic mass is 32.2. The third-order valence-electron chi connectivity index (χ3n) is 5.14. The molecular weight excluding hydrogens is 466 g/mol. The molecule has 4 rings (SSSR count). The van der Waals surface area contributed by atoms with E-state index in [1.165, 1.54) is 0 Å². The Kier molecular flexibility index (Phi) is 7.07. The Morgan fingerprint density at radius 1 is 0.829 bits per heavy atom. The first kappa shape index (κ1) is 24.3. The van der Waals surface area contributed by atoms with Gasteiger partial charge in [-0.2, -0.15) is 0 Å². The van der Waals surface area contributed by atoms with Crippen molar-refractivity contribution >= 4 is 32.4 Å². The van der Waals surface area contributed by atoms with Crippen LogP contribution in [0.5, 0.6) is 17.2 Å². The van der Waals surface area contributed by atoms with E-state index in [0.717, 1.165) is 0 Å². The summed E-state index contributed by atoms with van der Waals surface area (Å²) in [5.74, 6) is 1.77. The van der Waals surface area contributed by atoms with Gasteiger partial charge in [0, 0.05) is 23.9 Å². The molecule has 35 heavy (non-hydrogen) atoms. The molecule has 0 fully saturated rings. The lowest BCUT2D eigenvalue weighted by atomic mass is 10.2. The Bertz CT molecular complexity index is 1420. The Morgan fingerprint density at radius 2 is 1.43 bits per heavy atom. The van der Waals surface area contributed by atoms with Crippen LogP contribution in [-0.2, 0) is 15.6 Å². The normalized spacial score (nSPS) is 11.5. The summed E-state index contributed by atoms with van der Waals surface area (Å²) in [4.78, 5) is 9.48. The second kappa shape index (κ2) is 10.2. The topological polar surface area (TPSA) is 99.6 Å². The molecule has 0 radical (unpaired) electrons. The standard InChI is InChI=1S/C26H27N3O5S/c1-17(2)34-19-9-11-22(12-10-19)35(30,31)16-25-26(29-24-8-6-5-7-23(24)28-25)27-18-13-20(32-3)15-21(14-18)33-4/h5-15,17H,16H2,1-4H3,(H,27,29). The summed E-state index contributed by atoms with van der Waals surface area (Å²) >= 11 is 0. The van der Waals surface area contributed by atoms with Crippen molar-refractivity contribution in [1.29, 1.82) is 0 Å². The summed E-state index contributed by atoms with van der Waals surface area (Å²) in [7, 11) is -0.596. The van der Waals surface area contributed by atoms with Crippen molar-refractivity contribution in [2.45, 2.75) is 30.6 Å². The number of hydrogen-bond acceptors (Lipinski definition) is 8. The molecule has 0 aliphatic carbocycles. The molecule has 1 aromatic heterocycles. The number of benzene rings is 3. The minimum Gasteiger partial charge on any atom is -0.497 e. The molecule has 0 amide bonds. The Hall–Kier alpha value is -3.85. The molecule has 0 aliphatic rings. The van der Waals surface area contributed by atoms with Crippen LogP contribution in [0.4, 0.5) is 11.5 Å². The highest BCUT2D eigenvalue weighted by molar-refractivity contribution is 7.90. The maximum atomic E-state index is 13.3. The van der Waals surface area contributed by atoms with E-state index in [2.05, 4.69) is 15.3 Å². The van der Waals surface area contributed by atoms with Crippen molar-refractivity contribution in [3.05, 3.63) is 72.4 Å². The van der Waals surface area contributed by atoms with E-state index in [4.69, 9.17) is 14.2 Å². The van der Waals surface area contributed by atoms with Crippen LogP contribution in [0.25, 0.3) is 11.0 Å². The average molecular weight is 494 g/mol. The van der Waals surface area contributed by atoms with E-state index in [0.29, 0.717) is 45.5 Å². The fourth-order valence-electron chi connectivity index (χ4n) is 3.51. The molecule has 0 bridgehead atoms. The van der Waals surface area contributed by atoms with Gasteiger partial charge in [0.25, 0.3) is 0 Å². The van der Waals surface area contributed by atoms with Gasteiger partial charge in [0.15, 0.2) is 15.7 Å².